The standard InChI is InChI=1S/C32H34N6O4S2/c1-5-41-31(40)28-19(3)35-32(43)36-29(28)23-11-6-8-12-25(23)42-17-27(39)37-34-16-21-14-18(2)38(20(21)4)30-24(15-33)22-10-7-9-13-26(22)44-30/h6,8,11-12,14,16,29H,5,7,9-10,13,17H2,1-4H3,(H,37,39)(H2,35,36,43)/t29-/m1/s1. The Labute approximate surface area is 265 Å². The van der Waals surface area contributed by atoms with E-state index in [2.05, 4.69) is 31.8 Å². The number of para-hydroxylation sites is 1. The van der Waals surface area contributed by atoms with Gasteiger partial charge in [-0.3, -0.25) is 4.79 Å². The fourth-order valence-corrected chi connectivity index (χ4v) is 7.38. The van der Waals surface area contributed by atoms with Crippen LogP contribution in [0, 0.1) is 25.2 Å². The minimum absolute atomic E-state index is 0.228. The molecule has 3 heterocycles. The Bertz CT molecular complexity index is 1730. The Morgan fingerprint density at radius 3 is 2.80 bits per heavy atom. The molecule has 0 saturated carbocycles. The van der Waals surface area contributed by atoms with E-state index in [1.807, 2.05) is 26.0 Å². The van der Waals surface area contributed by atoms with Crippen LogP contribution in [-0.4, -0.2) is 41.0 Å². The maximum Gasteiger partial charge on any atom is 0.338 e. The summed E-state index contributed by atoms with van der Waals surface area (Å²) in [5, 5.41) is 21.5. The van der Waals surface area contributed by atoms with Crippen molar-refractivity contribution < 1.29 is 19.1 Å². The van der Waals surface area contributed by atoms with Crippen LogP contribution in [0.5, 0.6) is 5.75 Å². The molecule has 10 nitrogen and oxygen atoms in total. The predicted octanol–water partition coefficient (Wildman–Crippen LogP) is 4.79. The lowest BCUT2D eigenvalue weighted by Gasteiger charge is -2.30. The largest absolute Gasteiger partial charge is 0.483 e. The molecule has 3 aromatic rings. The van der Waals surface area contributed by atoms with Gasteiger partial charge in [-0.2, -0.15) is 10.4 Å². The molecule has 1 aliphatic heterocycles. The van der Waals surface area contributed by atoms with Gasteiger partial charge in [-0.15, -0.1) is 11.3 Å². The van der Waals surface area contributed by atoms with Gasteiger partial charge in [0.2, 0.25) is 0 Å². The number of thiocarbonyl (C=S) groups is 1. The number of carbonyl (C=O) groups is 2. The first-order valence-corrected chi connectivity index (χ1v) is 15.7. The van der Waals surface area contributed by atoms with Gasteiger partial charge < -0.3 is 24.7 Å². The second-order valence-corrected chi connectivity index (χ2v) is 12.1. The van der Waals surface area contributed by atoms with Crippen molar-refractivity contribution in [2.45, 2.75) is 59.4 Å². The summed E-state index contributed by atoms with van der Waals surface area (Å²) in [5.74, 6) is -0.506. The van der Waals surface area contributed by atoms with Crippen LogP contribution in [0.25, 0.3) is 5.00 Å². The van der Waals surface area contributed by atoms with Gasteiger partial charge in [-0.05, 0) is 83.3 Å². The van der Waals surface area contributed by atoms with Gasteiger partial charge in [-0.1, -0.05) is 18.2 Å². The Kier molecular flexibility index (Phi) is 9.46. The molecule has 0 saturated heterocycles. The third kappa shape index (κ3) is 6.25. The Morgan fingerprint density at radius 1 is 1.25 bits per heavy atom. The van der Waals surface area contributed by atoms with Crippen molar-refractivity contribution in [3.05, 3.63) is 80.1 Å². The highest BCUT2D eigenvalue weighted by Crippen LogP contribution is 2.38. The van der Waals surface area contributed by atoms with Gasteiger partial charge in [0, 0.05) is 33.1 Å². The number of carbonyl (C=O) groups excluding carboxylic acids is 2. The highest BCUT2D eigenvalue weighted by Gasteiger charge is 2.32. The second kappa shape index (κ2) is 13.4. The smallest absolute Gasteiger partial charge is 0.338 e. The minimum Gasteiger partial charge on any atom is -0.483 e. The SMILES string of the molecule is CCOC(=O)C1=C(C)NC(=S)N[C@@H]1c1ccccc1OCC(=O)NN=Cc1cc(C)n(-c2sc3c(c2C#N)CCCC3)c1C. The maximum atomic E-state index is 12.8. The molecule has 0 fully saturated rings. The topological polar surface area (TPSA) is 130 Å². The number of hydrogen-bond donors (Lipinski definition) is 3. The van der Waals surface area contributed by atoms with E-state index in [9.17, 15) is 14.9 Å². The van der Waals surface area contributed by atoms with Crippen LogP contribution in [0.2, 0.25) is 0 Å². The van der Waals surface area contributed by atoms with E-state index in [-0.39, 0.29) is 13.2 Å². The molecule has 3 N–H and O–H groups in total. The number of thiophene rings is 1. The van der Waals surface area contributed by atoms with Crippen LogP contribution >= 0.6 is 23.6 Å². The number of ether oxygens (including phenoxy) is 2. The summed E-state index contributed by atoms with van der Waals surface area (Å²) >= 11 is 7.03. The lowest BCUT2D eigenvalue weighted by molar-refractivity contribution is -0.139. The van der Waals surface area contributed by atoms with E-state index >= 15 is 0 Å². The molecule has 0 bridgehead atoms. The molecule has 44 heavy (non-hydrogen) atoms. The number of amides is 1. The summed E-state index contributed by atoms with van der Waals surface area (Å²) in [4.78, 5) is 26.8. The third-order valence-electron chi connectivity index (χ3n) is 7.68. The van der Waals surface area contributed by atoms with Crippen LogP contribution in [-0.2, 0) is 27.2 Å². The van der Waals surface area contributed by atoms with Gasteiger partial charge in [0.05, 0.1) is 30.0 Å². The normalized spacial score (nSPS) is 16.2. The van der Waals surface area contributed by atoms with E-state index in [1.54, 1.807) is 49.6 Å². The maximum absolute atomic E-state index is 12.8. The molecule has 1 aromatic carbocycles. The first kappa shape index (κ1) is 31.0. The monoisotopic (exact) mass is 630 g/mol. The lowest BCUT2D eigenvalue weighted by Crippen LogP contribution is -2.45. The van der Waals surface area contributed by atoms with Crippen molar-refractivity contribution in [1.29, 1.82) is 5.26 Å². The molecule has 12 heteroatoms. The zero-order chi connectivity index (χ0) is 31.4. The van der Waals surface area contributed by atoms with Crippen LogP contribution in [0.15, 0.2) is 46.7 Å². The Hall–Kier alpha value is -4.47. The van der Waals surface area contributed by atoms with Gasteiger partial charge >= 0.3 is 5.97 Å². The number of aryl methyl sites for hydroxylation is 2. The van der Waals surface area contributed by atoms with E-state index in [1.165, 1.54) is 10.4 Å². The Balaban J connectivity index is 1.28. The van der Waals surface area contributed by atoms with Crippen molar-refractivity contribution in [2.24, 2.45) is 5.10 Å². The number of nitrogens with zero attached hydrogens (tertiary/aromatic N) is 3. The summed E-state index contributed by atoms with van der Waals surface area (Å²) in [5.41, 5.74) is 8.86. The quantitative estimate of drug-likeness (QED) is 0.133. The number of fused-ring (bicyclic) bond motifs is 1. The number of hydrazone groups is 1. The van der Waals surface area contributed by atoms with Gasteiger partial charge in [0.15, 0.2) is 11.7 Å². The van der Waals surface area contributed by atoms with E-state index < -0.39 is 17.9 Å². The zero-order valence-corrected chi connectivity index (χ0v) is 26.7. The fraction of sp³-hybridized carbons (Fsp3) is 0.344. The van der Waals surface area contributed by atoms with Gasteiger partial charge in [0.25, 0.3) is 5.91 Å². The first-order chi connectivity index (χ1) is 21.2. The number of esters is 1. The molecule has 5 rings (SSSR count). The molecule has 228 valence electrons. The molecule has 0 spiro atoms. The number of benzene rings is 1. The number of aromatic nitrogens is 1. The van der Waals surface area contributed by atoms with Crippen molar-refractivity contribution in [3.8, 4) is 16.8 Å². The average molecular weight is 631 g/mol. The predicted molar refractivity (Wildman–Crippen MR) is 173 cm³/mol. The molecule has 1 aliphatic carbocycles. The number of hydrogen-bond acceptors (Lipinski definition) is 8. The minimum atomic E-state index is -0.620. The highest BCUT2D eigenvalue weighted by molar-refractivity contribution is 7.80. The van der Waals surface area contributed by atoms with Crippen molar-refractivity contribution in [1.82, 2.24) is 20.6 Å². The molecule has 2 aromatic heterocycles. The molecule has 1 amide bonds. The summed E-state index contributed by atoms with van der Waals surface area (Å²) in [6, 6.07) is 10.9. The summed E-state index contributed by atoms with van der Waals surface area (Å²) in [6.07, 6.45) is 5.84. The molecule has 0 unspecified atom stereocenters. The van der Waals surface area contributed by atoms with Crippen molar-refractivity contribution >= 4 is 46.8 Å². The molecular weight excluding hydrogens is 597 g/mol. The number of nitrogens with one attached hydrogen (secondary N) is 3. The van der Waals surface area contributed by atoms with Crippen LogP contribution in [0.4, 0.5) is 0 Å². The fourth-order valence-electron chi connectivity index (χ4n) is 5.66. The van der Waals surface area contributed by atoms with Crippen LogP contribution in [0.3, 0.4) is 0 Å². The summed E-state index contributed by atoms with van der Waals surface area (Å²) in [7, 11) is 0. The molecule has 0 radical (unpaired) electrons. The third-order valence-corrected chi connectivity index (χ3v) is 9.18. The van der Waals surface area contributed by atoms with Crippen LogP contribution < -0.4 is 20.8 Å². The first-order valence-electron chi connectivity index (χ1n) is 14.5. The van der Waals surface area contributed by atoms with E-state index in [0.717, 1.165) is 53.2 Å². The highest BCUT2D eigenvalue weighted by atomic mass is 32.1. The number of allylic oxidation sites excluding steroid dienone is 1. The number of nitriles is 1. The summed E-state index contributed by atoms with van der Waals surface area (Å²) < 4.78 is 13.3. The number of rotatable bonds is 9. The van der Waals surface area contributed by atoms with Gasteiger partial charge in [0.1, 0.15) is 16.8 Å². The Morgan fingerprint density at radius 2 is 2.02 bits per heavy atom. The zero-order valence-electron chi connectivity index (χ0n) is 25.1. The lowest BCUT2D eigenvalue weighted by atomic mass is 9.95. The van der Waals surface area contributed by atoms with Gasteiger partial charge in [-0.25, -0.2) is 10.2 Å². The van der Waals surface area contributed by atoms with E-state index in [4.69, 9.17) is 21.7 Å². The summed E-state index contributed by atoms with van der Waals surface area (Å²) in [6.45, 7) is 7.42. The average Bonchev–Trinajstić information content (AvgIpc) is 3.50. The van der Waals surface area contributed by atoms with E-state index in [0.29, 0.717) is 27.7 Å². The van der Waals surface area contributed by atoms with Crippen molar-refractivity contribution in [2.75, 3.05) is 13.2 Å². The van der Waals surface area contributed by atoms with Crippen LogP contribution in [0.1, 0.15) is 71.2 Å². The molecule has 1 atom stereocenters. The molecular formula is C32H34N6O4S2. The second-order valence-electron chi connectivity index (χ2n) is 10.6. The molecule has 2 aliphatic rings. The van der Waals surface area contributed by atoms with Crippen molar-refractivity contribution in [3.63, 3.8) is 0 Å².